The maximum atomic E-state index is 8.49. The van der Waals surface area contributed by atoms with E-state index < -0.39 is 10.2 Å². The third kappa shape index (κ3) is 12.9. The highest BCUT2D eigenvalue weighted by Gasteiger charge is 2.01. The van der Waals surface area contributed by atoms with Gasteiger partial charge in [0.05, 0.1) is 5.08 Å². The van der Waals surface area contributed by atoms with Gasteiger partial charge in [-0.15, -0.1) is 22.0 Å². The van der Waals surface area contributed by atoms with Gasteiger partial charge in [0.2, 0.25) is 5.04 Å². The summed E-state index contributed by atoms with van der Waals surface area (Å²) in [6.07, 6.45) is 1.93. The van der Waals surface area contributed by atoms with Crippen LogP contribution in [0, 0.1) is 10.2 Å². The second-order valence-electron chi connectivity index (χ2n) is 1.51. The van der Waals surface area contributed by atoms with E-state index in [-0.39, 0.29) is 0 Å². The zero-order valence-electron chi connectivity index (χ0n) is 5.77. The highest BCUT2D eigenvalue weighted by atomic mass is 35.7. The molecule has 8 heteroatoms. The molecule has 1 rings (SSSR count). The highest BCUT2D eigenvalue weighted by molar-refractivity contribution is 8.25. The molecule has 0 aliphatic carbocycles. The molecule has 1 aliphatic heterocycles. The number of hydrogen-bond donors (Lipinski definition) is 1. The quantitative estimate of drug-likeness (QED) is 0.448. The van der Waals surface area contributed by atoms with Gasteiger partial charge in [-0.1, -0.05) is 0 Å². The Bertz CT molecular complexity index is 174. The zero-order chi connectivity index (χ0) is 9.61. The van der Waals surface area contributed by atoms with E-state index in [1.165, 1.54) is 0 Å². The Hall–Kier alpha value is 0.240. The van der Waals surface area contributed by atoms with E-state index in [2.05, 4.69) is 0 Å². The molecule has 12 heavy (non-hydrogen) atoms. The fraction of sp³-hybridized carbons (Fsp3) is 0.250. The molecule has 0 atom stereocenters. The lowest BCUT2D eigenvalue weighted by Gasteiger charge is -2.17. The van der Waals surface area contributed by atoms with Gasteiger partial charge in [0.1, 0.15) is 0 Å². The number of halogens is 1. The van der Waals surface area contributed by atoms with Crippen molar-refractivity contribution in [2.24, 2.45) is 0 Å². The van der Waals surface area contributed by atoms with Crippen LogP contribution in [0.2, 0.25) is 0 Å². The van der Waals surface area contributed by atoms with Gasteiger partial charge in [-0.2, -0.15) is 0 Å². The Morgan fingerprint density at radius 2 is 1.83 bits per heavy atom. The first-order valence-electron chi connectivity index (χ1n) is 2.55. The summed E-state index contributed by atoms with van der Waals surface area (Å²) in [6.45, 7) is 0. The molecule has 1 heterocycles. The summed E-state index contributed by atoms with van der Waals surface area (Å²) in [7, 11) is -4.94. The molecule has 0 aromatic rings. The van der Waals surface area contributed by atoms with Crippen molar-refractivity contribution in [3.63, 3.8) is 0 Å². The van der Waals surface area contributed by atoms with Gasteiger partial charge in [0, 0.05) is 6.08 Å². The average Bonchev–Trinajstić information content (AvgIpc) is 1.85. The number of rotatable bonds is 0. The van der Waals surface area contributed by atoms with Gasteiger partial charge in [-0.3, -0.25) is 0 Å². The summed E-state index contributed by atoms with van der Waals surface area (Å²) >= 11 is 3.47. The van der Waals surface area contributed by atoms with Crippen LogP contribution >= 0.6 is 23.5 Å². The van der Waals surface area contributed by atoms with Crippen molar-refractivity contribution in [3.05, 3.63) is 11.5 Å². The van der Waals surface area contributed by atoms with Crippen molar-refractivity contribution in [2.45, 2.75) is 0 Å². The number of thioether (sulfide) groups is 2. The van der Waals surface area contributed by atoms with Crippen LogP contribution in [0.4, 0.5) is 0 Å². The summed E-state index contributed by atoms with van der Waals surface area (Å²) in [5.74, 6) is 0. The Morgan fingerprint density at radius 1 is 1.33 bits per heavy atom. The molecule has 0 saturated carbocycles. The van der Waals surface area contributed by atoms with E-state index in [4.69, 9.17) is 24.0 Å². The van der Waals surface area contributed by atoms with Crippen molar-refractivity contribution < 1.29 is 34.3 Å². The third-order valence-corrected chi connectivity index (χ3v) is 2.44. The minimum absolute atomic E-state index is 0.929. The van der Waals surface area contributed by atoms with Crippen LogP contribution in [0.5, 0.6) is 0 Å². The van der Waals surface area contributed by atoms with Crippen molar-refractivity contribution in [1.29, 1.82) is 0 Å². The lowest BCUT2D eigenvalue weighted by molar-refractivity contribution is -2.00. The summed E-state index contributed by atoms with van der Waals surface area (Å²) in [5, 5.41) is 9.44. The molecule has 0 bridgehead atoms. The molecule has 5 nitrogen and oxygen atoms in total. The molecule has 0 radical (unpaired) electrons. The van der Waals surface area contributed by atoms with Crippen LogP contribution in [0.15, 0.2) is 11.5 Å². The van der Waals surface area contributed by atoms with Gasteiger partial charge in [0.15, 0.2) is 0 Å². The second kappa shape index (κ2) is 5.81. The van der Waals surface area contributed by atoms with E-state index in [1.54, 1.807) is 23.5 Å². The van der Waals surface area contributed by atoms with E-state index in [0.717, 1.165) is 10.1 Å². The zero-order valence-corrected chi connectivity index (χ0v) is 8.16. The summed E-state index contributed by atoms with van der Waals surface area (Å²) in [6, 6.07) is 0. The van der Waals surface area contributed by atoms with Crippen LogP contribution in [-0.4, -0.2) is 10.1 Å². The molecule has 0 amide bonds. The normalized spacial score (nSPS) is 16.8. The molecule has 1 aliphatic rings. The Kier molecular flexibility index (Phi) is 5.93. The standard InChI is InChI=1S/C4H5NS2.ClHO4/c5-4-1-2-6-3-7-4;2-1(3,4)5/h1-2,5H,3H2;(H,2,3,4,5). The number of nitrogens with two attached hydrogens (primary N) is 1. The van der Waals surface area contributed by atoms with Crippen LogP contribution in [0.1, 0.15) is 0 Å². The molecule has 0 fully saturated rings. The fourth-order valence-corrected chi connectivity index (χ4v) is 1.93. The first-order valence-corrected chi connectivity index (χ1v) is 5.81. The largest absolute Gasteiger partial charge is 0.249 e. The molecule has 0 saturated heterocycles. The molecule has 2 N–H and O–H groups in total. The lowest BCUT2D eigenvalue weighted by atomic mass is 10.7. The van der Waals surface area contributed by atoms with Crippen molar-refractivity contribution in [2.75, 3.05) is 5.08 Å². The summed E-state index contributed by atoms with van der Waals surface area (Å²) < 4.78 is 34.0. The molecular weight excluding hydrogens is 226 g/mol. The Labute approximate surface area is 79.7 Å². The molecule has 0 aromatic heterocycles. The monoisotopic (exact) mass is 231 g/mol. The van der Waals surface area contributed by atoms with Crippen LogP contribution < -0.4 is 24.0 Å². The first kappa shape index (κ1) is 12.2. The first-order chi connectivity index (χ1) is 5.39. The second-order valence-corrected chi connectivity index (χ2v) is 4.58. The molecule has 0 unspecified atom stereocenters. The molecule has 70 valence electrons. The predicted molar refractivity (Wildman–Crippen MR) is 36.1 cm³/mol. The molecule has 0 aromatic carbocycles. The Balaban J connectivity index is 0.000000217. The van der Waals surface area contributed by atoms with Gasteiger partial charge in [-0.25, -0.2) is 24.0 Å². The predicted octanol–water partition coefficient (Wildman–Crippen LogP) is -4.66. The highest BCUT2D eigenvalue weighted by Crippen LogP contribution is 2.18. The van der Waals surface area contributed by atoms with Gasteiger partial charge in [-0.05, 0) is 17.2 Å². The van der Waals surface area contributed by atoms with E-state index in [0.29, 0.717) is 0 Å². The fourth-order valence-electron chi connectivity index (χ4n) is 0.305. The summed E-state index contributed by atoms with van der Waals surface area (Å²) in [4.78, 5) is 0. The number of hydrogen-bond acceptors (Lipinski definition) is 6. The smallest absolute Gasteiger partial charge is 0.232 e. The minimum atomic E-state index is -4.94. The van der Waals surface area contributed by atoms with Crippen LogP contribution in [-0.2, 0) is 0 Å². The van der Waals surface area contributed by atoms with Crippen molar-refractivity contribution in [1.82, 2.24) is 0 Å². The lowest BCUT2D eigenvalue weighted by Crippen LogP contribution is -2.68. The molecule has 0 spiro atoms. The minimum Gasteiger partial charge on any atom is -0.249 e. The Morgan fingerprint density at radius 3 is 2.00 bits per heavy atom. The van der Waals surface area contributed by atoms with E-state index in [9.17, 15) is 0 Å². The average molecular weight is 232 g/mol. The van der Waals surface area contributed by atoms with Gasteiger partial charge >= 0.3 is 0 Å². The van der Waals surface area contributed by atoms with E-state index >= 15 is 0 Å². The third-order valence-electron chi connectivity index (χ3n) is 0.622. The van der Waals surface area contributed by atoms with Crippen molar-refractivity contribution in [3.8, 4) is 0 Å². The van der Waals surface area contributed by atoms with Crippen molar-refractivity contribution >= 4 is 28.6 Å². The SMILES string of the molecule is [NH2+]=C1C=CSCS1.[O-][Cl+3]([O-])([O-])[O-]. The van der Waals surface area contributed by atoms with Gasteiger partial charge < -0.3 is 0 Å². The van der Waals surface area contributed by atoms with Crippen LogP contribution in [0.25, 0.3) is 0 Å². The maximum absolute atomic E-state index is 8.49. The topological polar surface area (TPSA) is 118 Å². The van der Waals surface area contributed by atoms with E-state index in [1.807, 2.05) is 11.5 Å². The molecular formula is C4H6ClNO4S2. The summed E-state index contributed by atoms with van der Waals surface area (Å²) in [5.41, 5.74) is 0. The maximum Gasteiger partial charge on any atom is 0.232 e. The van der Waals surface area contributed by atoms with Gasteiger partial charge in [0.25, 0.3) is 0 Å². The van der Waals surface area contributed by atoms with Crippen LogP contribution in [0.3, 0.4) is 0 Å².